The van der Waals surface area contributed by atoms with Crippen LogP contribution in [0.4, 0.5) is 11.6 Å². The predicted molar refractivity (Wildman–Crippen MR) is 150 cm³/mol. The summed E-state index contributed by atoms with van der Waals surface area (Å²) in [4.78, 5) is 24.8. The molecule has 0 bridgehead atoms. The molecular formula is C29H35N9O2. The first-order chi connectivity index (χ1) is 19.2. The first kappa shape index (κ1) is 26.1. The number of H-pyrrole nitrogens is 1. The molecule has 208 valence electrons. The quantitative estimate of drug-likeness (QED) is 0.304. The molecule has 40 heavy (non-hydrogen) atoms. The average molecular weight is 542 g/mol. The number of anilines is 2. The average Bonchev–Trinajstić information content (AvgIpc) is 3.47. The summed E-state index contributed by atoms with van der Waals surface area (Å²) in [7, 11) is 0. The number of aryl methyl sites for hydroxylation is 1. The lowest BCUT2D eigenvalue weighted by molar-refractivity contribution is 0.0894. The molecule has 1 fully saturated rings. The Kier molecular flexibility index (Phi) is 6.83. The van der Waals surface area contributed by atoms with E-state index in [2.05, 4.69) is 59.1 Å². The number of carbonyl (C=O) groups is 1. The van der Waals surface area contributed by atoms with Crippen molar-refractivity contribution in [3.05, 3.63) is 65.3 Å². The Hall–Kier alpha value is -4.12. The third-order valence-corrected chi connectivity index (χ3v) is 7.45. The Balaban J connectivity index is 1.27. The number of amides is 1. The fourth-order valence-electron chi connectivity index (χ4n) is 5.02. The van der Waals surface area contributed by atoms with Crippen LogP contribution in [-0.2, 0) is 12.0 Å². The van der Waals surface area contributed by atoms with Gasteiger partial charge in [-0.1, -0.05) is 32.9 Å². The number of aromatic amines is 1. The highest BCUT2D eigenvalue weighted by Gasteiger charge is 2.30. The number of aromatic nitrogens is 6. The maximum atomic E-state index is 13.2. The molecule has 0 saturated heterocycles. The molecule has 0 radical (unpaired) electrons. The maximum Gasteiger partial charge on any atom is 0.309 e. The molecule has 1 unspecified atom stereocenters. The number of nitrogens with one attached hydrogen (secondary N) is 3. The van der Waals surface area contributed by atoms with Gasteiger partial charge in [0.25, 0.3) is 0 Å². The molecular weight excluding hydrogens is 506 g/mol. The van der Waals surface area contributed by atoms with Crippen LogP contribution in [0.5, 0.6) is 0 Å². The standard InChI is InChI=1S/C29H35N9O2/c1-17-24(14-31-35-17)34-28-30-11-9-22(33-28)19-7-8-21-20(13-19)16-38(15-18-5-6-18)12-10-23(21)32-25(39)26-36-37-27(40-26)29(2,3)4/h7-9,11,13-14,18,23H,5-6,10,12,15-16H2,1-4H3,(H,31,35)(H,32,39)(H,30,33,34). The number of hydrogen-bond donors (Lipinski definition) is 3. The molecule has 4 aromatic rings. The first-order valence-electron chi connectivity index (χ1n) is 13.8. The summed E-state index contributed by atoms with van der Waals surface area (Å²) in [6.07, 6.45) is 6.86. The van der Waals surface area contributed by atoms with Gasteiger partial charge in [-0.25, -0.2) is 9.97 Å². The van der Waals surface area contributed by atoms with E-state index in [1.165, 1.54) is 18.4 Å². The Morgan fingerprint density at radius 3 is 2.75 bits per heavy atom. The van der Waals surface area contributed by atoms with Crippen molar-refractivity contribution in [2.45, 2.75) is 65.0 Å². The smallest absolute Gasteiger partial charge is 0.309 e. The van der Waals surface area contributed by atoms with Crippen molar-refractivity contribution in [2.24, 2.45) is 5.92 Å². The number of fused-ring (bicyclic) bond motifs is 1. The molecule has 1 atom stereocenters. The second kappa shape index (κ2) is 10.5. The zero-order chi connectivity index (χ0) is 27.9. The molecule has 3 aromatic heterocycles. The number of carbonyl (C=O) groups excluding carboxylic acids is 1. The van der Waals surface area contributed by atoms with E-state index >= 15 is 0 Å². The van der Waals surface area contributed by atoms with Gasteiger partial charge in [0.05, 0.1) is 29.3 Å². The Labute approximate surface area is 233 Å². The van der Waals surface area contributed by atoms with Crippen LogP contribution in [0.25, 0.3) is 11.3 Å². The summed E-state index contributed by atoms with van der Waals surface area (Å²) < 4.78 is 5.71. The van der Waals surface area contributed by atoms with E-state index in [4.69, 9.17) is 9.40 Å². The van der Waals surface area contributed by atoms with Gasteiger partial charge in [0.2, 0.25) is 11.8 Å². The third-order valence-electron chi connectivity index (χ3n) is 7.45. The van der Waals surface area contributed by atoms with Gasteiger partial charge in [-0.05, 0) is 55.4 Å². The molecule has 1 aliphatic carbocycles. The maximum absolute atomic E-state index is 13.2. The van der Waals surface area contributed by atoms with Gasteiger partial charge >= 0.3 is 11.8 Å². The van der Waals surface area contributed by atoms with E-state index < -0.39 is 0 Å². The van der Waals surface area contributed by atoms with Crippen molar-refractivity contribution in [3.8, 4) is 11.3 Å². The summed E-state index contributed by atoms with van der Waals surface area (Å²) in [5.74, 6) is 1.37. The van der Waals surface area contributed by atoms with Crippen LogP contribution in [0.15, 0.2) is 41.1 Å². The van der Waals surface area contributed by atoms with Gasteiger partial charge in [-0.15, -0.1) is 10.2 Å². The van der Waals surface area contributed by atoms with Gasteiger partial charge in [0, 0.05) is 36.8 Å². The summed E-state index contributed by atoms with van der Waals surface area (Å²) in [6, 6.07) is 8.11. The van der Waals surface area contributed by atoms with Gasteiger partial charge in [-0.3, -0.25) is 14.8 Å². The fourth-order valence-corrected chi connectivity index (χ4v) is 5.02. The van der Waals surface area contributed by atoms with Crippen molar-refractivity contribution in [1.82, 2.24) is 40.6 Å². The van der Waals surface area contributed by atoms with Crippen LogP contribution in [0.3, 0.4) is 0 Å². The third kappa shape index (κ3) is 5.74. The zero-order valence-corrected chi connectivity index (χ0v) is 23.4. The summed E-state index contributed by atoms with van der Waals surface area (Å²) in [5.41, 5.74) is 5.53. The minimum atomic E-state index is -0.347. The second-order valence-corrected chi connectivity index (χ2v) is 11.9. The molecule has 6 rings (SSSR count). The summed E-state index contributed by atoms with van der Waals surface area (Å²) in [5, 5.41) is 21.5. The van der Waals surface area contributed by atoms with Crippen molar-refractivity contribution in [3.63, 3.8) is 0 Å². The predicted octanol–water partition coefficient (Wildman–Crippen LogP) is 4.69. The summed E-state index contributed by atoms with van der Waals surface area (Å²) >= 11 is 0. The SMILES string of the molecule is Cc1[nH]ncc1Nc1nccc(-c2ccc3c(c2)CN(CC2CC2)CCC3NC(=O)c2nnc(C(C)(C)C)o2)n1. The van der Waals surface area contributed by atoms with E-state index in [0.717, 1.165) is 60.2 Å². The largest absolute Gasteiger partial charge is 0.416 e. The van der Waals surface area contributed by atoms with Gasteiger partial charge in [-0.2, -0.15) is 5.10 Å². The van der Waals surface area contributed by atoms with Crippen LogP contribution < -0.4 is 10.6 Å². The van der Waals surface area contributed by atoms with Gasteiger partial charge in [0.1, 0.15) is 0 Å². The molecule has 3 N–H and O–H groups in total. The molecule has 1 saturated carbocycles. The molecule has 1 aliphatic heterocycles. The topological polar surface area (TPSA) is 138 Å². The number of benzene rings is 1. The van der Waals surface area contributed by atoms with Crippen LogP contribution >= 0.6 is 0 Å². The highest BCUT2D eigenvalue weighted by molar-refractivity contribution is 5.89. The molecule has 4 heterocycles. The zero-order valence-electron chi connectivity index (χ0n) is 23.4. The van der Waals surface area contributed by atoms with E-state index in [-0.39, 0.29) is 23.3 Å². The lowest BCUT2D eigenvalue weighted by Gasteiger charge is -2.20. The van der Waals surface area contributed by atoms with Gasteiger partial charge < -0.3 is 15.1 Å². The number of rotatable bonds is 7. The lowest BCUT2D eigenvalue weighted by Crippen LogP contribution is -2.31. The normalized spacial score (nSPS) is 17.8. The Bertz CT molecular complexity index is 1520. The summed E-state index contributed by atoms with van der Waals surface area (Å²) in [6.45, 7) is 10.7. The molecule has 11 heteroatoms. The highest BCUT2D eigenvalue weighted by atomic mass is 16.4. The van der Waals surface area contributed by atoms with Crippen LogP contribution in [0.1, 0.15) is 79.5 Å². The second-order valence-electron chi connectivity index (χ2n) is 11.9. The van der Waals surface area contributed by atoms with Crippen molar-refractivity contribution in [2.75, 3.05) is 18.4 Å². The molecule has 1 aromatic carbocycles. The monoisotopic (exact) mass is 541 g/mol. The van der Waals surface area contributed by atoms with E-state index in [0.29, 0.717) is 11.8 Å². The van der Waals surface area contributed by atoms with E-state index in [1.807, 2.05) is 33.8 Å². The van der Waals surface area contributed by atoms with Crippen molar-refractivity contribution in [1.29, 1.82) is 0 Å². The number of hydrogen-bond acceptors (Lipinski definition) is 9. The van der Waals surface area contributed by atoms with Crippen molar-refractivity contribution >= 4 is 17.5 Å². The van der Waals surface area contributed by atoms with Crippen LogP contribution in [-0.4, -0.2) is 54.3 Å². The minimum Gasteiger partial charge on any atom is -0.416 e. The number of nitrogens with zero attached hydrogens (tertiary/aromatic N) is 6. The minimum absolute atomic E-state index is 0.00365. The Morgan fingerprint density at radius 2 is 2.02 bits per heavy atom. The highest BCUT2D eigenvalue weighted by Crippen LogP contribution is 2.35. The van der Waals surface area contributed by atoms with Crippen molar-refractivity contribution < 1.29 is 9.21 Å². The Morgan fingerprint density at radius 1 is 1.18 bits per heavy atom. The molecule has 1 amide bonds. The van der Waals surface area contributed by atoms with E-state index in [1.54, 1.807) is 12.4 Å². The fraction of sp³-hybridized carbons (Fsp3) is 0.448. The lowest BCUT2D eigenvalue weighted by atomic mass is 9.96. The molecule has 11 nitrogen and oxygen atoms in total. The van der Waals surface area contributed by atoms with Crippen LogP contribution in [0.2, 0.25) is 0 Å². The molecule has 2 aliphatic rings. The van der Waals surface area contributed by atoms with Gasteiger partial charge in [0.15, 0.2) is 0 Å². The van der Waals surface area contributed by atoms with Crippen LogP contribution in [0, 0.1) is 12.8 Å². The van der Waals surface area contributed by atoms with E-state index in [9.17, 15) is 4.79 Å². The molecule has 0 spiro atoms. The first-order valence-corrected chi connectivity index (χ1v) is 13.8.